The molecule has 0 amide bonds. The van der Waals surface area contributed by atoms with E-state index in [0.717, 1.165) is 12.2 Å². The van der Waals surface area contributed by atoms with E-state index in [1.807, 2.05) is 12.1 Å². The summed E-state index contributed by atoms with van der Waals surface area (Å²) in [5.41, 5.74) is 0.0628. The molecule has 94 valence electrons. The molecular formula is C13H18ClNO2. The average molecular weight is 256 g/mol. The van der Waals surface area contributed by atoms with Gasteiger partial charge in [-0.1, -0.05) is 44.5 Å². The number of ether oxygens (including phenoxy) is 1. The van der Waals surface area contributed by atoms with Crippen LogP contribution in [-0.4, -0.2) is 6.61 Å². The van der Waals surface area contributed by atoms with Crippen LogP contribution in [0.3, 0.4) is 0 Å². The molecule has 3 nitrogen and oxygen atoms in total. The summed E-state index contributed by atoms with van der Waals surface area (Å²) in [6, 6.07) is 7.17. The number of hydrogen-bond acceptors (Lipinski definition) is 3. The van der Waals surface area contributed by atoms with Crippen molar-refractivity contribution in [1.82, 2.24) is 0 Å². The van der Waals surface area contributed by atoms with Crippen LogP contribution < -0.4 is 4.74 Å². The molecule has 0 radical (unpaired) electrons. The minimum Gasteiger partial charge on any atom is -0.494 e. The standard InChI is InChI=1S/C13H18ClNO2/c1-13(2,3)7-8-17-11-6-4-5-10(9-11)12(14)15-16/h4-6,9,12H,7-8H2,1-3H3. The van der Waals surface area contributed by atoms with Gasteiger partial charge in [-0.2, -0.15) is 0 Å². The van der Waals surface area contributed by atoms with Crippen LogP contribution in [0, 0.1) is 10.3 Å². The summed E-state index contributed by atoms with van der Waals surface area (Å²) in [6.45, 7) is 7.14. The Hall–Kier alpha value is -1.09. The smallest absolute Gasteiger partial charge is 0.190 e. The van der Waals surface area contributed by atoms with Crippen molar-refractivity contribution in [2.24, 2.45) is 10.6 Å². The number of benzene rings is 1. The van der Waals surface area contributed by atoms with E-state index in [9.17, 15) is 4.91 Å². The van der Waals surface area contributed by atoms with Crippen molar-refractivity contribution in [2.75, 3.05) is 6.61 Å². The van der Waals surface area contributed by atoms with Gasteiger partial charge < -0.3 is 4.74 Å². The molecule has 1 atom stereocenters. The van der Waals surface area contributed by atoms with Crippen molar-refractivity contribution >= 4 is 11.6 Å². The quantitative estimate of drug-likeness (QED) is 0.441. The molecule has 1 unspecified atom stereocenters. The van der Waals surface area contributed by atoms with E-state index >= 15 is 0 Å². The van der Waals surface area contributed by atoms with E-state index in [2.05, 4.69) is 25.9 Å². The summed E-state index contributed by atoms with van der Waals surface area (Å²) >= 11 is 5.73. The molecule has 1 aromatic carbocycles. The van der Waals surface area contributed by atoms with Gasteiger partial charge in [0.05, 0.1) is 6.61 Å². The van der Waals surface area contributed by atoms with Crippen molar-refractivity contribution in [3.05, 3.63) is 34.7 Å². The number of nitroso groups, excluding NO2 is 1. The van der Waals surface area contributed by atoms with E-state index in [-0.39, 0.29) is 5.41 Å². The van der Waals surface area contributed by atoms with Gasteiger partial charge in [-0.05, 0) is 34.7 Å². The van der Waals surface area contributed by atoms with Crippen LogP contribution in [0.5, 0.6) is 5.75 Å². The molecule has 0 heterocycles. The van der Waals surface area contributed by atoms with Crippen LogP contribution in [0.4, 0.5) is 0 Å². The summed E-state index contributed by atoms with van der Waals surface area (Å²) < 4.78 is 5.61. The topological polar surface area (TPSA) is 38.7 Å². The molecule has 0 aliphatic heterocycles. The Labute approximate surface area is 107 Å². The molecule has 0 spiro atoms. The summed E-state index contributed by atoms with van der Waals surface area (Å²) in [4.78, 5) is 10.3. The molecule has 17 heavy (non-hydrogen) atoms. The number of rotatable bonds is 5. The number of alkyl halides is 1. The van der Waals surface area contributed by atoms with Gasteiger partial charge in [-0.3, -0.25) is 0 Å². The lowest BCUT2D eigenvalue weighted by atomic mass is 9.93. The van der Waals surface area contributed by atoms with E-state index in [1.165, 1.54) is 0 Å². The van der Waals surface area contributed by atoms with Crippen LogP contribution >= 0.6 is 11.6 Å². The summed E-state index contributed by atoms with van der Waals surface area (Å²) in [6.07, 6.45) is 0.966. The normalized spacial score (nSPS) is 13.2. The Morgan fingerprint density at radius 1 is 1.41 bits per heavy atom. The third-order valence-corrected chi connectivity index (χ3v) is 2.68. The van der Waals surface area contributed by atoms with E-state index in [1.54, 1.807) is 12.1 Å². The Morgan fingerprint density at radius 2 is 2.12 bits per heavy atom. The van der Waals surface area contributed by atoms with Crippen LogP contribution in [0.2, 0.25) is 0 Å². The Balaban J connectivity index is 2.57. The number of nitrogens with zero attached hydrogens (tertiary/aromatic N) is 1. The Kier molecular flexibility index (Phi) is 4.94. The third kappa shape index (κ3) is 5.18. The fourth-order valence-corrected chi connectivity index (χ4v) is 1.42. The van der Waals surface area contributed by atoms with Crippen LogP contribution in [0.15, 0.2) is 29.4 Å². The highest BCUT2D eigenvalue weighted by atomic mass is 35.5. The lowest BCUT2D eigenvalue weighted by molar-refractivity contribution is 0.243. The van der Waals surface area contributed by atoms with Crippen molar-refractivity contribution in [3.63, 3.8) is 0 Å². The van der Waals surface area contributed by atoms with Gasteiger partial charge >= 0.3 is 0 Å². The molecule has 1 aromatic rings. The maximum atomic E-state index is 10.3. The molecule has 0 aliphatic carbocycles. The van der Waals surface area contributed by atoms with Gasteiger partial charge in [-0.15, -0.1) is 4.91 Å². The van der Waals surface area contributed by atoms with Crippen molar-refractivity contribution < 1.29 is 4.74 Å². The molecule has 0 fully saturated rings. The Bertz CT molecular complexity index is 374. The first-order valence-electron chi connectivity index (χ1n) is 5.62. The summed E-state index contributed by atoms with van der Waals surface area (Å²) in [5, 5.41) is 2.78. The number of hydrogen-bond donors (Lipinski definition) is 0. The molecule has 1 rings (SSSR count). The van der Waals surface area contributed by atoms with Gasteiger partial charge in [0.1, 0.15) is 5.75 Å². The summed E-state index contributed by atoms with van der Waals surface area (Å²) in [5.74, 6) is 0.723. The summed E-state index contributed by atoms with van der Waals surface area (Å²) in [7, 11) is 0. The van der Waals surface area contributed by atoms with E-state index in [4.69, 9.17) is 16.3 Å². The first-order valence-corrected chi connectivity index (χ1v) is 6.05. The fourth-order valence-electron chi connectivity index (χ4n) is 1.29. The zero-order valence-corrected chi connectivity index (χ0v) is 11.2. The molecular weight excluding hydrogens is 238 g/mol. The zero-order chi connectivity index (χ0) is 12.9. The third-order valence-electron chi connectivity index (χ3n) is 2.35. The maximum absolute atomic E-state index is 10.3. The van der Waals surface area contributed by atoms with Gasteiger partial charge in [0, 0.05) is 0 Å². The number of halogens is 1. The molecule has 0 aliphatic rings. The molecule has 0 saturated heterocycles. The molecule has 0 aromatic heterocycles. The minimum absolute atomic E-state index is 0.247. The lowest BCUT2D eigenvalue weighted by Gasteiger charge is -2.18. The van der Waals surface area contributed by atoms with Gasteiger partial charge in [0.15, 0.2) is 5.50 Å². The first-order chi connectivity index (χ1) is 7.92. The van der Waals surface area contributed by atoms with Crippen molar-refractivity contribution in [3.8, 4) is 5.75 Å². The molecule has 4 heteroatoms. The predicted octanol–water partition coefficient (Wildman–Crippen LogP) is 4.51. The van der Waals surface area contributed by atoms with Gasteiger partial charge in [-0.25, -0.2) is 0 Å². The maximum Gasteiger partial charge on any atom is 0.190 e. The molecule has 0 N–H and O–H groups in total. The predicted molar refractivity (Wildman–Crippen MR) is 70.4 cm³/mol. The Morgan fingerprint density at radius 3 is 2.71 bits per heavy atom. The molecule has 0 bridgehead atoms. The second kappa shape index (κ2) is 6.01. The van der Waals surface area contributed by atoms with Crippen LogP contribution in [-0.2, 0) is 0 Å². The fraction of sp³-hybridized carbons (Fsp3) is 0.538. The van der Waals surface area contributed by atoms with E-state index < -0.39 is 5.50 Å². The second-order valence-corrected chi connectivity index (χ2v) is 5.59. The average Bonchev–Trinajstić information content (AvgIpc) is 2.27. The lowest BCUT2D eigenvalue weighted by Crippen LogP contribution is -2.11. The van der Waals surface area contributed by atoms with Gasteiger partial charge in [0.25, 0.3) is 0 Å². The first kappa shape index (κ1) is 14.0. The van der Waals surface area contributed by atoms with E-state index in [0.29, 0.717) is 12.2 Å². The van der Waals surface area contributed by atoms with Gasteiger partial charge in [0.2, 0.25) is 0 Å². The second-order valence-electron chi connectivity index (χ2n) is 5.17. The highest BCUT2D eigenvalue weighted by Crippen LogP contribution is 2.25. The largest absolute Gasteiger partial charge is 0.494 e. The minimum atomic E-state index is -0.846. The van der Waals surface area contributed by atoms with Crippen LogP contribution in [0.1, 0.15) is 38.3 Å². The van der Waals surface area contributed by atoms with Crippen molar-refractivity contribution in [2.45, 2.75) is 32.7 Å². The zero-order valence-electron chi connectivity index (χ0n) is 10.4. The monoisotopic (exact) mass is 255 g/mol. The van der Waals surface area contributed by atoms with Crippen molar-refractivity contribution in [1.29, 1.82) is 0 Å². The highest BCUT2D eigenvalue weighted by Gasteiger charge is 2.11. The van der Waals surface area contributed by atoms with Crippen LogP contribution in [0.25, 0.3) is 0 Å². The SMILES string of the molecule is CC(C)(C)CCOc1cccc(C(Cl)N=O)c1. The highest BCUT2D eigenvalue weighted by molar-refractivity contribution is 6.20. The molecule has 0 saturated carbocycles.